The zero-order valence-corrected chi connectivity index (χ0v) is 15.7. The van der Waals surface area contributed by atoms with Crippen molar-refractivity contribution < 1.29 is 4.79 Å². The minimum atomic E-state index is -0.269. The second-order valence-electron chi connectivity index (χ2n) is 6.90. The number of anilines is 1. The van der Waals surface area contributed by atoms with Gasteiger partial charge in [-0.15, -0.1) is 0 Å². The third kappa shape index (κ3) is 2.70. The summed E-state index contributed by atoms with van der Waals surface area (Å²) in [5, 5.41) is 3.37. The molecule has 0 radical (unpaired) electrons. The van der Waals surface area contributed by atoms with Gasteiger partial charge >= 0.3 is 0 Å². The molecular formula is C21H20N4O2. The summed E-state index contributed by atoms with van der Waals surface area (Å²) in [6, 6.07) is 11.2. The zero-order chi connectivity index (χ0) is 19.3. The lowest BCUT2D eigenvalue weighted by Crippen LogP contribution is -2.16. The first-order chi connectivity index (χ1) is 12.9. The van der Waals surface area contributed by atoms with Crippen molar-refractivity contribution in [1.29, 1.82) is 0 Å². The lowest BCUT2D eigenvalue weighted by Gasteiger charge is -2.10. The van der Waals surface area contributed by atoms with Crippen molar-refractivity contribution in [2.24, 2.45) is 7.05 Å². The number of hydrogen-bond donors (Lipinski definition) is 1. The number of carbonyl (C=O) groups is 1. The Morgan fingerprint density at radius 2 is 1.81 bits per heavy atom. The third-order valence-electron chi connectivity index (χ3n) is 4.90. The highest BCUT2D eigenvalue weighted by Gasteiger charge is 2.18. The largest absolute Gasteiger partial charge is 0.324 e. The smallest absolute Gasteiger partial charge is 0.272 e. The molecule has 6 nitrogen and oxygen atoms in total. The summed E-state index contributed by atoms with van der Waals surface area (Å²) in [5.74, 6) is -0.269. The first-order valence-electron chi connectivity index (χ1n) is 8.73. The maximum Gasteiger partial charge on any atom is 0.272 e. The van der Waals surface area contributed by atoms with Gasteiger partial charge in [0, 0.05) is 18.9 Å². The molecule has 6 heteroatoms. The Kier molecular flexibility index (Phi) is 3.84. The van der Waals surface area contributed by atoms with E-state index in [1.165, 1.54) is 4.40 Å². The van der Waals surface area contributed by atoms with E-state index in [2.05, 4.69) is 10.3 Å². The topological polar surface area (TPSA) is 68.4 Å². The molecule has 0 spiro atoms. The summed E-state index contributed by atoms with van der Waals surface area (Å²) >= 11 is 0. The number of aryl methyl sites for hydroxylation is 4. The Hall–Kier alpha value is -3.41. The van der Waals surface area contributed by atoms with Crippen LogP contribution >= 0.6 is 0 Å². The van der Waals surface area contributed by atoms with E-state index in [0.29, 0.717) is 22.4 Å². The van der Waals surface area contributed by atoms with E-state index >= 15 is 0 Å². The van der Waals surface area contributed by atoms with Gasteiger partial charge in [0.05, 0.1) is 5.39 Å². The first-order valence-corrected chi connectivity index (χ1v) is 8.73. The van der Waals surface area contributed by atoms with Gasteiger partial charge in [0.1, 0.15) is 17.0 Å². The Balaban J connectivity index is 1.86. The van der Waals surface area contributed by atoms with Crippen LogP contribution in [0.25, 0.3) is 16.7 Å². The molecule has 0 aliphatic heterocycles. The maximum atomic E-state index is 12.9. The van der Waals surface area contributed by atoms with Crippen LogP contribution in [-0.4, -0.2) is 19.9 Å². The van der Waals surface area contributed by atoms with Crippen molar-refractivity contribution in [3.8, 4) is 0 Å². The van der Waals surface area contributed by atoms with Crippen LogP contribution in [0.5, 0.6) is 0 Å². The van der Waals surface area contributed by atoms with Crippen LogP contribution in [0.15, 0.2) is 47.4 Å². The van der Waals surface area contributed by atoms with Gasteiger partial charge in [0.2, 0.25) is 0 Å². The number of pyridine rings is 1. The van der Waals surface area contributed by atoms with E-state index in [0.717, 1.165) is 22.4 Å². The number of hydrogen-bond acceptors (Lipinski definition) is 3. The second-order valence-corrected chi connectivity index (χ2v) is 6.90. The molecule has 3 heterocycles. The number of carbonyl (C=O) groups excluding carboxylic acids is 1. The molecule has 0 aliphatic carbocycles. The molecule has 3 aromatic heterocycles. The summed E-state index contributed by atoms with van der Waals surface area (Å²) in [7, 11) is 1.75. The van der Waals surface area contributed by atoms with Gasteiger partial charge in [0.15, 0.2) is 0 Å². The predicted molar refractivity (Wildman–Crippen MR) is 107 cm³/mol. The van der Waals surface area contributed by atoms with Crippen LogP contribution in [0, 0.1) is 20.8 Å². The van der Waals surface area contributed by atoms with Crippen LogP contribution in [-0.2, 0) is 7.05 Å². The number of aromatic nitrogens is 3. The second kappa shape index (κ2) is 6.09. The van der Waals surface area contributed by atoms with Crippen LogP contribution in [0.3, 0.4) is 0 Å². The molecule has 0 saturated heterocycles. The van der Waals surface area contributed by atoms with Crippen LogP contribution in [0.2, 0.25) is 0 Å². The van der Waals surface area contributed by atoms with Crippen LogP contribution < -0.4 is 10.9 Å². The number of benzene rings is 1. The lowest BCUT2D eigenvalue weighted by atomic mass is 10.1. The van der Waals surface area contributed by atoms with E-state index in [1.807, 2.05) is 51.1 Å². The van der Waals surface area contributed by atoms with E-state index in [1.54, 1.807) is 23.9 Å². The van der Waals surface area contributed by atoms with Crippen molar-refractivity contribution in [2.75, 3.05) is 5.32 Å². The van der Waals surface area contributed by atoms with Gasteiger partial charge in [-0.05, 0) is 55.7 Å². The molecule has 0 aliphatic rings. The molecule has 4 rings (SSSR count). The highest BCUT2D eigenvalue weighted by molar-refractivity contribution is 6.06. The van der Waals surface area contributed by atoms with Gasteiger partial charge in [0.25, 0.3) is 11.5 Å². The fraction of sp³-hybridized carbons (Fsp3) is 0.190. The molecular weight excluding hydrogens is 340 g/mol. The summed E-state index contributed by atoms with van der Waals surface area (Å²) in [6.07, 6.45) is 1.69. The fourth-order valence-corrected chi connectivity index (χ4v) is 3.30. The Labute approximate surface area is 156 Å². The zero-order valence-electron chi connectivity index (χ0n) is 15.7. The molecule has 1 N–H and O–H groups in total. The molecule has 0 saturated carbocycles. The third-order valence-corrected chi connectivity index (χ3v) is 4.90. The molecule has 136 valence electrons. The van der Waals surface area contributed by atoms with Crippen molar-refractivity contribution in [1.82, 2.24) is 14.0 Å². The highest BCUT2D eigenvalue weighted by Crippen LogP contribution is 2.20. The van der Waals surface area contributed by atoms with Crippen molar-refractivity contribution >= 4 is 28.3 Å². The monoisotopic (exact) mass is 360 g/mol. The fourth-order valence-electron chi connectivity index (χ4n) is 3.30. The lowest BCUT2D eigenvalue weighted by molar-refractivity contribution is 0.101. The van der Waals surface area contributed by atoms with Gasteiger partial charge in [-0.25, -0.2) is 4.98 Å². The number of nitrogens with zero attached hydrogens (tertiary/aromatic N) is 3. The average Bonchev–Trinajstić information content (AvgIpc) is 2.97. The van der Waals surface area contributed by atoms with E-state index < -0.39 is 0 Å². The SMILES string of the molecule is Cc1ccc(C)c(NC(=O)c2cc3c(=O)n4cccc(C)c4nc3n2C)c1. The van der Waals surface area contributed by atoms with Crippen LogP contribution in [0.4, 0.5) is 5.69 Å². The molecule has 27 heavy (non-hydrogen) atoms. The van der Waals surface area contributed by atoms with Gasteiger partial charge in [-0.3, -0.25) is 14.0 Å². The van der Waals surface area contributed by atoms with Gasteiger partial charge < -0.3 is 9.88 Å². The predicted octanol–water partition coefficient (Wildman–Crippen LogP) is 3.36. The van der Waals surface area contributed by atoms with Crippen molar-refractivity contribution in [3.63, 3.8) is 0 Å². The molecule has 4 aromatic rings. The van der Waals surface area contributed by atoms with E-state index in [4.69, 9.17) is 0 Å². The minimum Gasteiger partial charge on any atom is -0.324 e. The average molecular weight is 360 g/mol. The summed E-state index contributed by atoms with van der Waals surface area (Å²) < 4.78 is 3.19. The standard InChI is InChI=1S/C21H20N4O2/c1-12-7-8-13(2)16(10-12)22-20(26)17-11-15-19(24(17)4)23-18-14(3)6-5-9-25(18)21(15)27/h5-11H,1-4H3,(H,22,26). The first kappa shape index (κ1) is 17.0. The molecule has 1 amide bonds. The van der Waals surface area contributed by atoms with Crippen LogP contribution in [0.1, 0.15) is 27.2 Å². The Morgan fingerprint density at radius 3 is 2.59 bits per heavy atom. The molecule has 0 fully saturated rings. The summed E-state index contributed by atoms with van der Waals surface area (Å²) in [5.41, 5.74) is 5.01. The van der Waals surface area contributed by atoms with E-state index in [-0.39, 0.29) is 11.5 Å². The van der Waals surface area contributed by atoms with Crippen molar-refractivity contribution in [3.05, 3.63) is 75.3 Å². The molecule has 0 unspecified atom stereocenters. The highest BCUT2D eigenvalue weighted by atomic mass is 16.2. The number of rotatable bonds is 2. The van der Waals surface area contributed by atoms with Gasteiger partial charge in [-0.1, -0.05) is 18.2 Å². The number of fused-ring (bicyclic) bond motifs is 2. The normalized spacial score (nSPS) is 11.3. The minimum absolute atomic E-state index is 0.180. The maximum absolute atomic E-state index is 12.9. The van der Waals surface area contributed by atoms with E-state index in [9.17, 15) is 9.59 Å². The molecule has 0 bridgehead atoms. The summed E-state index contributed by atoms with van der Waals surface area (Å²) in [4.78, 5) is 30.4. The summed E-state index contributed by atoms with van der Waals surface area (Å²) in [6.45, 7) is 5.83. The molecule has 0 atom stereocenters. The van der Waals surface area contributed by atoms with Crippen molar-refractivity contribution in [2.45, 2.75) is 20.8 Å². The Bertz CT molecular complexity index is 1280. The number of nitrogens with one attached hydrogen (secondary N) is 1. The quantitative estimate of drug-likeness (QED) is 0.596. The number of amides is 1. The van der Waals surface area contributed by atoms with Gasteiger partial charge in [-0.2, -0.15) is 0 Å². The molecule has 1 aromatic carbocycles. The Morgan fingerprint density at radius 1 is 1.04 bits per heavy atom.